The van der Waals surface area contributed by atoms with Crippen LogP contribution in [0.15, 0.2) is 52.9 Å². The molecule has 3 heterocycles. The van der Waals surface area contributed by atoms with Gasteiger partial charge in [0, 0.05) is 24.0 Å². The number of carbonyl (C=O) groups excluding carboxylic acids is 1. The van der Waals surface area contributed by atoms with Crippen molar-refractivity contribution in [3.8, 4) is 22.6 Å². The molecule has 1 aliphatic rings. The van der Waals surface area contributed by atoms with Crippen LogP contribution in [0.25, 0.3) is 21.3 Å². The Morgan fingerprint density at radius 3 is 2.74 bits per heavy atom. The summed E-state index contributed by atoms with van der Waals surface area (Å²) in [5.74, 6) is 1.24. The quantitative estimate of drug-likeness (QED) is 0.410. The first-order valence-electron chi connectivity index (χ1n) is 11.1. The highest BCUT2D eigenvalue weighted by Gasteiger charge is 2.19. The van der Waals surface area contributed by atoms with Gasteiger partial charge in [-0.2, -0.15) is 0 Å². The van der Waals surface area contributed by atoms with Crippen LogP contribution in [0.4, 0.5) is 0 Å². The lowest BCUT2D eigenvalue weighted by Gasteiger charge is -2.21. The van der Waals surface area contributed by atoms with Crippen molar-refractivity contribution in [2.45, 2.75) is 33.9 Å². The van der Waals surface area contributed by atoms with Crippen molar-refractivity contribution < 1.29 is 14.3 Å². The number of hydrogen-bond donors (Lipinski definition) is 0. The van der Waals surface area contributed by atoms with Gasteiger partial charge in [-0.05, 0) is 55.2 Å². The van der Waals surface area contributed by atoms with Gasteiger partial charge in [-0.15, -0.1) is 11.3 Å². The molecule has 8 heteroatoms. The summed E-state index contributed by atoms with van der Waals surface area (Å²) in [7, 11) is 0. The second-order valence-corrected chi connectivity index (χ2v) is 9.26. The van der Waals surface area contributed by atoms with E-state index in [-0.39, 0.29) is 24.8 Å². The number of aryl methyl sites for hydroxylation is 2. The Bertz CT molecular complexity index is 1460. The van der Waals surface area contributed by atoms with E-state index in [1.54, 1.807) is 4.90 Å². The molecule has 2 aromatic carbocycles. The Balaban J connectivity index is 1.41. The predicted octanol–water partition coefficient (Wildman–Crippen LogP) is 4.52. The Kier molecular flexibility index (Phi) is 5.83. The summed E-state index contributed by atoms with van der Waals surface area (Å²) >= 11 is 1.44. The highest BCUT2D eigenvalue weighted by molar-refractivity contribution is 7.17. The predicted molar refractivity (Wildman–Crippen MR) is 132 cm³/mol. The maximum absolute atomic E-state index is 13.4. The van der Waals surface area contributed by atoms with Crippen molar-refractivity contribution in [1.82, 2.24) is 14.5 Å². The van der Waals surface area contributed by atoms with E-state index in [9.17, 15) is 9.59 Å². The highest BCUT2D eigenvalue weighted by Crippen LogP contribution is 2.33. The van der Waals surface area contributed by atoms with Crippen molar-refractivity contribution in [2.24, 2.45) is 0 Å². The monoisotopic (exact) mass is 475 g/mol. The van der Waals surface area contributed by atoms with Crippen LogP contribution in [0.1, 0.15) is 23.6 Å². The molecule has 4 aromatic rings. The molecule has 2 aromatic heterocycles. The summed E-state index contributed by atoms with van der Waals surface area (Å²) in [6, 6.07) is 11.8. The van der Waals surface area contributed by atoms with E-state index >= 15 is 0 Å². The molecule has 7 nitrogen and oxygen atoms in total. The van der Waals surface area contributed by atoms with Crippen molar-refractivity contribution in [1.29, 1.82) is 0 Å². The molecule has 1 aliphatic heterocycles. The van der Waals surface area contributed by atoms with Crippen LogP contribution in [0.3, 0.4) is 0 Å². The molecule has 0 bridgehead atoms. The topological polar surface area (TPSA) is 73.7 Å². The smallest absolute Gasteiger partial charge is 0.263 e. The number of amides is 1. The second-order valence-electron chi connectivity index (χ2n) is 8.40. The molecule has 0 saturated heterocycles. The maximum Gasteiger partial charge on any atom is 0.263 e. The molecule has 0 N–H and O–H groups in total. The molecule has 0 aliphatic carbocycles. The Hall–Kier alpha value is -3.65. The molecule has 0 atom stereocenters. The van der Waals surface area contributed by atoms with E-state index < -0.39 is 0 Å². The van der Waals surface area contributed by atoms with Crippen LogP contribution in [-0.4, -0.2) is 33.7 Å². The van der Waals surface area contributed by atoms with Crippen molar-refractivity contribution in [3.05, 3.63) is 75.1 Å². The number of hydrogen-bond acceptors (Lipinski definition) is 6. The van der Waals surface area contributed by atoms with Gasteiger partial charge in [-0.25, -0.2) is 4.98 Å². The van der Waals surface area contributed by atoms with Crippen molar-refractivity contribution in [3.63, 3.8) is 0 Å². The molecular weight excluding hydrogens is 450 g/mol. The molecule has 0 unspecified atom stereocenters. The number of nitrogens with zero attached hydrogens (tertiary/aromatic N) is 3. The first kappa shape index (κ1) is 22.2. The Morgan fingerprint density at radius 1 is 1.12 bits per heavy atom. The zero-order valence-corrected chi connectivity index (χ0v) is 20.1. The molecule has 174 valence electrons. The molecule has 0 saturated carbocycles. The number of benzene rings is 2. The third-order valence-corrected chi connectivity index (χ3v) is 7.12. The van der Waals surface area contributed by atoms with Gasteiger partial charge in [0.1, 0.15) is 11.4 Å². The molecular formula is C26H25N3O4S. The van der Waals surface area contributed by atoms with E-state index in [0.29, 0.717) is 34.8 Å². The summed E-state index contributed by atoms with van der Waals surface area (Å²) < 4.78 is 12.2. The van der Waals surface area contributed by atoms with Crippen molar-refractivity contribution >= 4 is 27.5 Å². The largest absolute Gasteiger partial charge is 0.454 e. The number of thiophene rings is 1. The van der Waals surface area contributed by atoms with Crippen LogP contribution < -0.4 is 15.0 Å². The van der Waals surface area contributed by atoms with Gasteiger partial charge >= 0.3 is 0 Å². The van der Waals surface area contributed by atoms with E-state index in [2.05, 4.69) is 31.0 Å². The SMILES string of the molecule is CCN(Cc1ccc2c(c1)OCO2)C(=O)Cn1cnc2scc(-c3ccc(C)c(C)c3)c2c1=O. The minimum Gasteiger partial charge on any atom is -0.454 e. The number of ether oxygens (including phenoxy) is 2. The van der Waals surface area contributed by atoms with Gasteiger partial charge in [0.05, 0.1) is 11.7 Å². The summed E-state index contributed by atoms with van der Waals surface area (Å²) in [4.78, 5) is 33.4. The third kappa shape index (κ3) is 4.05. The van der Waals surface area contributed by atoms with Crippen LogP contribution in [0, 0.1) is 13.8 Å². The fourth-order valence-corrected chi connectivity index (χ4v) is 4.99. The zero-order chi connectivity index (χ0) is 23.8. The lowest BCUT2D eigenvalue weighted by Crippen LogP contribution is -2.36. The third-order valence-electron chi connectivity index (χ3n) is 6.23. The van der Waals surface area contributed by atoms with Crippen LogP contribution in [0.5, 0.6) is 11.5 Å². The molecule has 5 rings (SSSR count). The number of fused-ring (bicyclic) bond motifs is 2. The second kappa shape index (κ2) is 8.95. The van der Waals surface area contributed by atoms with Gasteiger partial charge in [0.2, 0.25) is 12.7 Å². The van der Waals surface area contributed by atoms with Gasteiger partial charge in [0.15, 0.2) is 11.5 Å². The van der Waals surface area contributed by atoms with Gasteiger partial charge < -0.3 is 14.4 Å². The van der Waals surface area contributed by atoms with E-state index in [4.69, 9.17) is 9.47 Å². The van der Waals surface area contributed by atoms with Gasteiger partial charge in [-0.3, -0.25) is 14.2 Å². The maximum atomic E-state index is 13.4. The first-order valence-corrected chi connectivity index (χ1v) is 12.0. The Morgan fingerprint density at radius 2 is 1.94 bits per heavy atom. The van der Waals surface area contributed by atoms with E-state index in [1.807, 2.05) is 36.6 Å². The van der Waals surface area contributed by atoms with E-state index in [0.717, 1.165) is 16.7 Å². The molecule has 0 radical (unpaired) electrons. The summed E-state index contributed by atoms with van der Waals surface area (Å²) in [5.41, 5.74) is 4.94. The average Bonchev–Trinajstić information content (AvgIpc) is 3.48. The molecule has 1 amide bonds. The highest BCUT2D eigenvalue weighted by atomic mass is 32.1. The lowest BCUT2D eigenvalue weighted by molar-refractivity contribution is -0.132. The van der Waals surface area contributed by atoms with Gasteiger partial charge in [-0.1, -0.05) is 24.3 Å². The molecule has 0 fully saturated rings. The van der Waals surface area contributed by atoms with E-state index in [1.165, 1.54) is 33.4 Å². The van der Waals surface area contributed by atoms with Crippen LogP contribution >= 0.6 is 11.3 Å². The number of likely N-dealkylation sites (N-methyl/N-ethyl adjacent to an activating group) is 1. The first-order chi connectivity index (χ1) is 16.4. The summed E-state index contributed by atoms with van der Waals surface area (Å²) in [6.45, 7) is 7.12. The minimum atomic E-state index is -0.202. The Labute approximate surface area is 201 Å². The standard InChI is InChI=1S/C26H25N3O4S/c1-4-28(11-18-6-8-21-22(10-18)33-15-32-21)23(30)12-29-14-27-25-24(26(29)31)20(13-34-25)19-7-5-16(2)17(3)9-19/h5-10,13-14H,4,11-12,15H2,1-3H3. The summed E-state index contributed by atoms with van der Waals surface area (Å²) in [5, 5.41) is 2.52. The van der Waals surface area contributed by atoms with Crippen LogP contribution in [0.2, 0.25) is 0 Å². The lowest BCUT2D eigenvalue weighted by atomic mass is 10.0. The number of carbonyl (C=O) groups is 1. The number of aromatic nitrogens is 2. The molecule has 0 spiro atoms. The number of rotatable bonds is 6. The molecule has 34 heavy (non-hydrogen) atoms. The minimum absolute atomic E-state index is 0.0671. The fourth-order valence-electron chi connectivity index (χ4n) is 4.08. The van der Waals surface area contributed by atoms with Crippen LogP contribution in [-0.2, 0) is 17.9 Å². The zero-order valence-electron chi connectivity index (χ0n) is 19.3. The normalized spacial score (nSPS) is 12.3. The van der Waals surface area contributed by atoms with Gasteiger partial charge in [0.25, 0.3) is 5.56 Å². The summed E-state index contributed by atoms with van der Waals surface area (Å²) in [6.07, 6.45) is 1.47. The average molecular weight is 476 g/mol. The fraction of sp³-hybridized carbons (Fsp3) is 0.269. The van der Waals surface area contributed by atoms with Crippen molar-refractivity contribution in [2.75, 3.05) is 13.3 Å².